The molecule has 96 valence electrons. The summed E-state index contributed by atoms with van der Waals surface area (Å²) in [5, 5.41) is 9.07. The first-order valence-electron chi connectivity index (χ1n) is 5.83. The Bertz CT molecular complexity index is 435. The van der Waals surface area contributed by atoms with E-state index in [0.29, 0.717) is 18.7 Å². The van der Waals surface area contributed by atoms with Crippen molar-refractivity contribution in [3.63, 3.8) is 0 Å². The maximum Gasteiger partial charge on any atom is 0.231 e. The fourth-order valence-corrected chi connectivity index (χ4v) is 1.77. The molecule has 4 N–H and O–H groups in total. The molecule has 0 saturated heterocycles. The standard InChI is InChI=1S/C13H18N4O/c1-2-12(7-14)17(9-13(16)18)8-10-3-5-11(15)6-4-10/h3-6,12H,2,8-9,15H2,1H3,(H2,16,18). The Morgan fingerprint density at radius 2 is 2.06 bits per heavy atom. The molecule has 18 heavy (non-hydrogen) atoms. The van der Waals surface area contributed by atoms with E-state index in [-0.39, 0.29) is 12.6 Å². The lowest BCUT2D eigenvalue weighted by Gasteiger charge is -2.24. The van der Waals surface area contributed by atoms with Gasteiger partial charge >= 0.3 is 0 Å². The monoisotopic (exact) mass is 246 g/mol. The fourth-order valence-electron chi connectivity index (χ4n) is 1.77. The number of nitriles is 1. The minimum atomic E-state index is -0.431. The van der Waals surface area contributed by atoms with Crippen LogP contribution in [-0.2, 0) is 11.3 Å². The third kappa shape index (κ3) is 4.07. The number of benzene rings is 1. The van der Waals surface area contributed by atoms with Crippen molar-refractivity contribution in [2.75, 3.05) is 12.3 Å². The van der Waals surface area contributed by atoms with E-state index >= 15 is 0 Å². The van der Waals surface area contributed by atoms with E-state index in [0.717, 1.165) is 5.56 Å². The van der Waals surface area contributed by atoms with E-state index in [9.17, 15) is 4.79 Å². The van der Waals surface area contributed by atoms with Gasteiger partial charge < -0.3 is 11.5 Å². The van der Waals surface area contributed by atoms with Crippen molar-refractivity contribution < 1.29 is 4.79 Å². The molecule has 0 bridgehead atoms. The molecule has 1 atom stereocenters. The maximum atomic E-state index is 11.0. The van der Waals surface area contributed by atoms with Crippen molar-refractivity contribution in [1.29, 1.82) is 5.26 Å². The van der Waals surface area contributed by atoms with E-state index < -0.39 is 5.91 Å². The summed E-state index contributed by atoms with van der Waals surface area (Å²) < 4.78 is 0. The molecule has 1 amide bonds. The van der Waals surface area contributed by atoms with Gasteiger partial charge in [0.25, 0.3) is 0 Å². The second-order valence-corrected chi connectivity index (χ2v) is 4.17. The molecule has 1 aromatic carbocycles. The van der Waals surface area contributed by atoms with E-state index in [1.807, 2.05) is 19.1 Å². The number of hydrogen-bond acceptors (Lipinski definition) is 4. The van der Waals surface area contributed by atoms with Gasteiger partial charge in [0, 0.05) is 12.2 Å². The van der Waals surface area contributed by atoms with Crippen LogP contribution in [0.2, 0.25) is 0 Å². The number of anilines is 1. The number of rotatable bonds is 6. The second-order valence-electron chi connectivity index (χ2n) is 4.17. The van der Waals surface area contributed by atoms with Crippen molar-refractivity contribution in [1.82, 2.24) is 4.90 Å². The summed E-state index contributed by atoms with van der Waals surface area (Å²) in [4.78, 5) is 12.8. The van der Waals surface area contributed by atoms with Crippen LogP contribution in [0.1, 0.15) is 18.9 Å². The number of nitrogens with two attached hydrogens (primary N) is 2. The zero-order chi connectivity index (χ0) is 13.5. The molecular formula is C13H18N4O. The van der Waals surface area contributed by atoms with E-state index in [1.165, 1.54) is 0 Å². The van der Waals surface area contributed by atoms with Crippen molar-refractivity contribution >= 4 is 11.6 Å². The van der Waals surface area contributed by atoms with Crippen LogP contribution in [0, 0.1) is 11.3 Å². The lowest BCUT2D eigenvalue weighted by atomic mass is 10.1. The molecule has 5 nitrogen and oxygen atoms in total. The van der Waals surface area contributed by atoms with Crippen LogP contribution < -0.4 is 11.5 Å². The van der Waals surface area contributed by atoms with Gasteiger partial charge in [-0.1, -0.05) is 19.1 Å². The molecule has 0 aliphatic rings. The van der Waals surface area contributed by atoms with Gasteiger partial charge in [0.05, 0.1) is 18.7 Å². The first-order chi connectivity index (χ1) is 8.56. The van der Waals surface area contributed by atoms with Gasteiger partial charge in [-0.05, 0) is 24.1 Å². The number of amides is 1. The average Bonchev–Trinajstić information content (AvgIpc) is 2.33. The van der Waals surface area contributed by atoms with Crippen molar-refractivity contribution in [2.45, 2.75) is 25.9 Å². The predicted octanol–water partition coefficient (Wildman–Crippen LogP) is 0.858. The quantitative estimate of drug-likeness (QED) is 0.727. The normalized spacial score (nSPS) is 12.1. The van der Waals surface area contributed by atoms with Gasteiger partial charge in [0.1, 0.15) is 0 Å². The number of nitrogens with zero attached hydrogens (tertiary/aromatic N) is 2. The van der Waals surface area contributed by atoms with Crippen LogP contribution in [-0.4, -0.2) is 23.4 Å². The highest BCUT2D eigenvalue weighted by molar-refractivity contribution is 5.76. The summed E-state index contributed by atoms with van der Waals surface area (Å²) in [6, 6.07) is 9.23. The second kappa shape index (κ2) is 6.62. The third-order valence-electron chi connectivity index (χ3n) is 2.70. The fraction of sp³-hybridized carbons (Fsp3) is 0.385. The molecule has 0 saturated carbocycles. The third-order valence-corrected chi connectivity index (χ3v) is 2.70. The average molecular weight is 246 g/mol. The van der Waals surface area contributed by atoms with Crippen LogP contribution >= 0.6 is 0 Å². The Kier molecular flexibility index (Phi) is 5.15. The molecule has 5 heteroatoms. The molecule has 0 aliphatic carbocycles. The van der Waals surface area contributed by atoms with Crippen LogP contribution in [0.3, 0.4) is 0 Å². The molecule has 0 spiro atoms. The molecular weight excluding hydrogens is 228 g/mol. The van der Waals surface area contributed by atoms with Gasteiger partial charge in [-0.15, -0.1) is 0 Å². The Hall–Kier alpha value is -2.06. The summed E-state index contributed by atoms with van der Waals surface area (Å²) in [7, 11) is 0. The molecule has 0 aromatic heterocycles. The number of carbonyl (C=O) groups excluding carboxylic acids is 1. The summed E-state index contributed by atoms with van der Waals surface area (Å²) >= 11 is 0. The Labute approximate surface area is 107 Å². The van der Waals surface area contributed by atoms with E-state index in [1.54, 1.807) is 17.0 Å². The number of primary amides is 1. The highest BCUT2D eigenvalue weighted by Crippen LogP contribution is 2.12. The van der Waals surface area contributed by atoms with Gasteiger partial charge in [-0.3, -0.25) is 9.69 Å². The lowest BCUT2D eigenvalue weighted by Crippen LogP contribution is -2.39. The highest BCUT2D eigenvalue weighted by atomic mass is 16.1. The SMILES string of the molecule is CCC(C#N)N(CC(N)=O)Cc1ccc(N)cc1. The Morgan fingerprint density at radius 1 is 1.44 bits per heavy atom. The number of hydrogen-bond donors (Lipinski definition) is 2. The van der Waals surface area contributed by atoms with Crippen molar-refractivity contribution in [2.24, 2.45) is 5.73 Å². The maximum absolute atomic E-state index is 11.0. The topological polar surface area (TPSA) is 96.1 Å². The van der Waals surface area contributed by atoms with E-state index in [2.05, 4.69) is 6.07 Å². The zero-order valence-corrected chi connectivity index (χ0v) is 10.5. The van der Waals surface area contributed by atoms with Gasteiger partial charge in [0.15, 0.2) is 0 Å². The summed E-state index contributed by atoms with van der Waals surface area (Å²) in [6.07, 6.45) is 0.652. The Balaban J connectivity index is 2.81. The summed E-state index contributed by atoms with van der Waals surface area (Å²) in [5.74, 6) is -0.431. The smallest absolute Gasteiger partial charge is 0.231 e. The van der Waals surface area contributed by atoms with Gasteiger partial charge in [-0.25, -0.2) is 0 Å². The summed E-state index contributed by atoms with van der Waals surface area (Å²) in [5.41, 5.74) is 12.5. The van der Waals surface area contributed by atoms with Crippen LogP contribution in [0.4, 0.5) is 5.69 Å². The summed E-state index contributed by atoms with van der Waals surface area (Å²) in [6.45, 7) is 2.50. The number of carbonyl (C=O) groups is 1. The van der Waals surface area contributed by atoms with Crippen LogP contribution in [0.15, 0.2) is 24.3 Å². The largest absolute Gasteiger partial charge is 0.399 e. The van der Waals surface area contributed by atoms with Gasteiger partial charge in [-0.2, -0.15) is 5.26 Å². The first kappa shape index (κ1) is 14.0. The minimum Gasteiger partial charge on any atom is -0.399 e. The number of nitrogen functional groups attached to an aromatic ring is 1. The van der Waals surface area contributed by atoms with Crippen LogP contribution in [0.25, 0.3) is 0 Å². The molecule has 1 unspecified atom stereocenters. The molecule has 0 radical (unpaired) electrons. The molecule has 0 aliphatic heterocycles. The highest BCUT2D eigenvalue weighted by Gasteiger charge is 2.18. The van der Waals surface area contributed by atoms with Gasteiger partial charge in [0.2, 0.25) is 5.91 Å². The van der Waals surface area contributed by atoms with Crippen LogP contribution in [0.5, 0.6) is 0 Å². The molecule has 0 fully saturated rings. The first-order valence-corrected chi connectivity index (χ1v) is 5.83. The minimum absolute atomic E-state index is 0.0798. The van der Waals surface area contributed by atoms with Crippen molar-refractivity contribution in [3.05, 3.63) is 29.8 Å². The lowest BCUT2D eigenvalue weighted by molar-refractivity contribution is -0.119. The van der Waals surface area contributed by atoms with Crippen molar-refractivity contribution in [3.8, 4) is 6.07 Å². The molecule has 1 aromatic rings. The predicted molar refractivity (Wildman–Crippen MR) is 70.2 cm³/mol. The molecule has 1 rings (SSSR count). The zero-order valence-electron chi connectivity index (χ0n) is 10.5. The molecule has 0 heterocycles. The van der Waals surface area contributed by atoms with E-state index in [4.69, 9.17) is 16.7 Å². The Morgan fingerprint density at radius 3 is 2.50 bits per heavy atom.